The maximum absolute atomic E-state index is 14.4. The summed E-state index contributed by atoms with van der Waals surface area (Å²) in [6, 6.07) is 19.9. The first kappa shape index (κ1) is 13.9. The highest BCUT2D eigenvalue weighted by molar-refractivity contribution is 5.72. The van der Waals surface area contributed by atoms with E-state index in [9.17, 15) is 4.39 Å². The van der Waals surface area contributed by atoms with Gasteiger partial charge in [0, 0.05) is 16.8 Å². The van der Waals surface area contributed by atoms with E-state index in [1.807, 2.05) is 42.5 Å². The van der Waals surface area contributed by atoms with Gasteiger partial charge >= 0.3 is 0 Å². The molecule has 0 aliphatic rings. The van der Waals surface area contributed by atoms with Crippen molar-refractivity contribution in [2.75, 3.05) is 5.73 Å². The Balaban J connectivity index is 1.98. The second kappa shape index (κ2) is 5.75. The van der Waals surface area contributed by atoms with Crippen molar-refractivity contribution in [1.29, 1.82) is 0 Å². The average molecular weight is 287 g/mol. The number of nitrogens with two attached hydrogens (primary N) is 1. The highest BCUT2D eigenvalue weighted by atomic mass is 19.1. The van der Waals surface area contributed by atoms with Crippen LogP contribution < -0.4 is 5.73 Å². The zero-order valence-electron chi connectivity index (χ0n) is 11.9. The number of hydrogen-bond acceptors (Lipinski definition) is 1. The molecule has 0 aliphatic heterocycles. The van der Waals surface area contributed by atoms with Gasteiger partial charge in [-0.05, 0) is 47.0 Å². The summed E-state index contributed by atoms with van der Waals surface area (Å²) >= 11 is 0. The van der Waals surface area contributed by atoms with Gasteiger partial charge in [0.15, 0.2) is 0 Å². The largest absolute Gasteiger partial charge is 0.399 e. The van der Waals surface area contributed by atoms with Crippen molar-refractivity contribution < 1.29 is 4.39 Å². The molecule has 106 valence electrons. The van der Waals surface area contributed by atoms with Gasteiger partial charge in [-0.2, -0.15) is 0 Å². The molecule has 0 heterocycles. The Morgan fingerprint density at radius 1 is 0.773 bits per heavy atom. The van der Waals surface area contributed by atoms with Crippen LogP contribution in [-0.2, 0) is 0 Å². The molecule has 22 heavy (non-hydrogen) atoms. The van der Waals surface area contributed by atoms with Crippen molar-refractivity contribution in [1.82, 2.24) is 0 Å². The molecule has 0 amide bonds. The minimum absolute atomic E-state index is 0.261. The van der Waals surface area contributed by atoms with Crippen molar-refractivity contribution in [2.45, 2.75) is 0 Å². The van der Waals surface area contributed by atoms with E-state index in [1.54, 1.807) is 18.2 Å². The normalized spacial score (nSPS) is 10.2. The van der Waals surface area contributed by atoms with Crippen molar-refractivity contribution in [3.63, 3.8) is 0 Å². The molecule has 0 fully saturated rings. The predicted octanol–water partition coefficient (Wildman–Crippen LogP) is 4.72. The molecular formula is C20H14FN. The van der Waals surface area contributed by atoms with Crippen molar-refractivity contribution >= 4 is 5.69 Å². The van der Waals surface area contributed by atoms with Crippen LogP contribution in [0.1, 0.15) is 5.56 Å². The van der Waals surface area contributed by atoms with Crippen LogP contribution >= 0.6 is 0 Å². The van der Waals surface area contributed by atoms with Crippen LogP contribution in [0.3, 0.4) is 0 Å². The van der Waals surface area contributed by atoms with E-state index in [2.05, 4.69) is 5.92 Å². The van der Waals surface area contributed by atoms with Crippen molar-refractivity contribution in [2.24, 2.45) is 0 Å². The van der Waals surface area contributed by atoms with Crippen LogP contribution in [-0.4, -0.2) is 0 Å². The lowest BCUT2D eigenvalue weighted by molar-refractivity contribution is 0.632. The zero-order chi connectivity index (χ0) is 15.5. The van der Waals surface area contributed by atoms with Crippen molar-refractivity contribution in [3.05, 3.63) is 78.1 Å². The summed E-state index contributed by atoms with van der Waals surface area (Å²) < 4.78 is 14.4. The van der Waals surface area contributed by atoms with Gasteiger partial charge in [0.1, 0.15) is 5.82 Å². The Morgan fingerprint density at radius 3 is 1.95 bits per heavy atom. The second-order valence-corrected chi connectivity index (χ2v) is 5.04. The quantitative estimate of drug-likeness (QED) is 0.535. The molecule has 2 heteroatoms. The van der Waals surface area contributed by atoms with Gasteiger partial charge < -0.3 is 5.73 Å². The molecule has 0 saturated carbocycles. The molecule has 0 unspecified atom stereocenters. The first-order valence-electron chi connectivity index (χ1n) is 6.90. The number of halogens is 1. The fourth-order valence-electron chi connectivity index (χ4n) is 2.35. The second-order valence-electron chi connectivity index (χ2n) is 5.04. The maximum Gasteiger partial charge on any atom is 0.131 e. The predicted molar refractivity (Wildman–Crippen MR) is 89.6 cm³/mol. The third-order valence-electron chi connectivity index (χ3n) is 3.58. The lowest BCUT2D eigenvalue weighted by Gasteiger charge is -2.07. The van der Waals surface area contributed by atoms with Crippen LogP contribution in [0.25, 0.3) is 22.3 Å². The lowest BCUT2D eigenvalue weighted by Crippen LogP contribution is -1.88. The Hall–Kier alpha value is -3.05. The number of hydrogen-bond donors (Lipinski definition) is 1. The minimum Gasteiger partial charge on any atom is -0.399 e. The molecule has 0 aliphatic carbocycles. The summed E-state index contributed by atoms with van der Waals surface area (Å²) in [6.45, 7) is 0. The molecule has 2 N–H and O–H groups in total. The van der Waals surface area contributed by atoms with E-state index in [-0.39, 0.29) is 5.82 Å². The summed E-state index contributed by atoms with van der Waals surface area (Å²) in [5, 5.41) is 0. The number of nitrogen functional groups attached to an aromatic ring is 1. The monoisotopic (exact) mass is 287 g/mol. The van der Waals surface area contributed by atoms with Gasteiger partial charge in [0.25, 0.3) is 0 Å². The van der Waals surface area contributed by atoms with E-state index in [4.69, 9.17) is 12.2 Å². The van der Waals surface area contributed by atoms with E-state index < -0.39 is 0 Å². The summed E-state index contributed by atoms with van der Waals surface area (Å²) in [4.78, 5) is 0. The summed E-state index contributed by atoms with van der Waals surface area (Å²) in [5.41, 5.74) is 10.2. The summed E-state index contributed by atoms with van der Waals surface area (Å²) in [5.74, 6) is 2.31. The van der Waals surface area contributed by atoms with Gasteiger partial charge in [-0.25, -0.2) is 4.39 Å². The SMILES string of the molecule is C#Cc1ccc(-c2ccc(-c3ccc(N)cc3)c(F)c2)cc1. The Bertz CT molecular complexity index is 840. The maximum atomic E-state index is 14.4. The molecule has 0 atom stereocenters. The molecule has 3 aromatic carbocycles. The first-order chi connectivity index (χ1) is 10.7. The lowest BCUT2D eigenvalue weighted by atomic mass is 9.99. The molecule has 0 radical (unpaired) electrons. The molecule has 3 rings (SSSR count). The molecule has 1 nitrogen and oxygen atoms in total. The van der Waals surface area contributed by atoms with Gasteiger partial charge in [0.2, 0.25) is 0 Å². The topological polar surface area (TPSA) is 26.0 Å². The molecule has 0 spiro atoms. The molecular weight excluding hydrogens is 273 g/mol. The highest BCUT2D eigenvalue weighted by Crippen LogP contribution is 2.28. The Labute approximate surface area is 129 Å². The fourth-order valence-corrected chi connectivity index (χ4v) is 2.35. The van der Waals surface area contributed by atoms with Crippen LogP contribution in [0.15, 0.2) is 66.7 Å². The number of rotatable bonds is 2. The van der Waals surface area contributed by atoms with Gasteiger partial charge in [-0.1, -0.05) is 42.3 Å². The van der Waals surface area contributed by atoms with E-state index in [0.717, 1.165) is 22.3 Å². The zero-order valence-corrected chi connectivity index (χ0v) is 11.9. The third kappa shape index (κ3) is 2.70. The summed E-state index contributed by atoms with van der Waals surface area (Å²) in [7, 11) is 0. The van der Waals surface area contributed by atoms with Gasteiger partial charge in [-0.15, -0.1) is 6.42 Å². The van der Waals surface area contributed by atoms with Crippen molar-refractivity contribution in [3.8, 4) is 34.6 Å². The number of terminal acetylenes is 1. The Morgan fingerprint density at radius 2 is 1.36 bits per heavy atom. The van der Waals surface area contributed by atoms with Crippen LogP contribution in [0.5, 0.6) is 0 Å². The highest BCUT2D eigenvalue weighted by Gasteiger charge is 2.07. The molecule has 0 bridgehead atoms. The number of benzene rings is 3. The Kier molecular flexibility index (Phi) is 3.64. The minimum atomic E-state index is -0.261. The molecule has 3 aromatic rings. The third-order valence-corrected chi connectivity index (χ3v) is 3.58. The van der Waals surface area contributed by atoms with E-state index >= 15 is 0 Å². The van der Waals surface area contributed by atoms with Crippen LogP contribution in [0.2, 0.25) is 0 Å². The van der Waals surface area contributed by atoms with E-state index in [0.29, 0.717) is 11.3 Å². The van der Waals surface area contributed by atoms with Gasteiger partial charge in [-0.3, -0.25) is 0 Å². The van der Waals surface area contributed by atoms with Gasteiger partial charge in [0.05, 0.1) is 0 Å². The standard InChI is InChI=1S/C20H14FN/c1-2-14-3-5-15(6-4-14)17-9-12-19(20(21)13-17)16-7-10-18(22)11-8-16/h1,3-13H,22H2. The first-order valence-corrected chi connectivity index (χ1v) is 6.90. The van der Waals surface area contributed by atoms with Crippen LogP contribution in [0, 0.1) is 18.2 Å². The number of anilines is 1. The average Bonchev–Trinajstić information content (AvgIpc) is 2.56. The summed E-state index contributed by atoms with van der Waals surface area (Å²) in [6.07, 6.45) is 5.34. The molecule has 0 aromatic heterocycles. The fraction of sp³-hybridized carbons (Fsp3) is 0. The smallest absolute Gasteiger partial charge is 0.131 e. The molecule has 0 saturated heterocycles. The van der Waals surface area contributed by atoms with Crippen LogP contribution in [0.4, 0.5) is 10.1 Å². The van der Waals surface area contributed by atoms with E-state index in [1.165, 1.54) is 6.07 Å².